The second-order valence-corrected chi connectivity index (χ2v) is 3.01. The Labute approximate surface area is 58.1 Å². The Balaban J connectivity index is 1.95. The quantitative estimate of drug-likeness (QED) is 0.484. The average Bonchev–Trinajstić information content (AvgIpc) is 2.38. The van der Waals surface area contributed by atoms with Gasteiger partial charge in [-0.3, -0.25) is 0 Å². The molecular formula is C6H9NO3. The number of amides is 1. The number of likely N-dealkylation sites (tertiary alicyclic amines) is 1. The van der Waals surface area contributed by atoms with E-state index in [0.717, 1.165) is 0 Å². The van der Waals surface area contributed by atoms with Gasteiger partial charge in [-0.15, -0.1) is 0 Å². The summed E-state index contributed by atoms with van der Waals surface area (Å²) in [6.07, 6.45) is -1.07. The maximum absolute atomic E-state index is 10.3. The lowest BCUT2D eigenvalue weighted by molar-refractivity contribution is 0.137. The van der Waals surface area contributed by atoms with Crippen LogP contribution < -0.4 is 0 Å². The van der Waals surface area contributed by atoms with E-state index in [-0.39, 0.29) is 17.9 Å². The smallest absolute Gasteiger partial charge is 0.407 e. The van der Waals surface area contributed by atoms with Gasteiger partial charge < -0.3 is 15.1 Å². The van der Waals surface area contributed by atoms with Crippen molar-refractivity contribution >= 4 is 6.09 Å². The van der Waals surface area contributed by atoms with Crippen molar-refractivity contribution in [3.05, 3.63) is 0 Å². The zero-order chi connectivity index (χ0) is 7.30. The normalized spacial score (nSPS) is 43.3. The molecule has 1 saturated heterocycles. The number of piperidine rings is 1. The number of hydrogen-bond donors (Lipinski definition) is 2. The lowest BCUT2D eigenvalue weighted by Crippen LogP contribution is -2.30. The van der Waals surface area contributed by atoms with E-state index in [2.05, 4.69) is 0 Å². The molecule has 56 valence electrons. The van der Waals surface area contributed by atoms with Crippen molar-refractivity contribution in [3.8, 4) is 0 Å². The van der Waals surface area contributed by atoms with Crippen LogP contribution in [0.2, 0.25) is 0 Å². The highest BCUT2D eigenvalue weighted by Gasteiger charge is 2.56. The number of fused-ring (bicyclic) bond motifs is 1. The molecule has 0 radical (unpaired) electrons. The Hall–Kier alpha value is -0.770. The lowest BCUT2D eigenvalue weighted by Gasteiger charge is -2.13. The molecule has 1 amide bonds. The van der Waals surface area contributed by atoms with Crippen LogP contribution in [0.25, 0.3) is 0 Å². The van der Waals surface area contributed by atoms with Crippen LogP contribution in [0.3, 0.4) is 0 Å². The van der Waals surface area contributed by atoms with Crippen molar-refractivity contribution in [2.45, 2.75) is 6.10 Å². The van der Waals surface area contributed by atoms with Crippen molar-refractivity contribution in [3.63, 3.8) is 0 Å². The fourth-order valence-electron chi connectivity index (χ4n) is 1.65. The van der Waals surface area contributed by atoms with Gasteiger partial charge in [0.15, 0.2) is 0 Å². The van der Waals surface area contributed by atoms with Gasteiger partial charge in [0.1, 0.15) is 0 Å². The maximum atomic E-state index is 10.3. The lowest BCUT2D eigenvalue weighted by atomic mass is 10.4. The molecule has 0 spiro atoms. The Bertz CT molecular complexity index is 170. The molecule has 4 nitrogen and oxygen atoms in total. The molecule has 1 aliphatic heterocycles. The predicted octanol–water partition coefficient (Wildman–Crippen LogP) is -0.413. The first kappa shape index (κ1) is 5.97. The third-order valence-corrected chi connectivity index (χ3v) is 2.42. The van der Waals surface area contributed by atoms with Crippen LogP contribution in [0.4, 0.5) is 4.79 Å². The van der Waals surface area contributed by atoms with Crippen molar-refractivity contribution in [2.75, 3.05) is 13.1 Å². The van der Waals surface area contributed by atoms with Crippen LogP contribution in [-0.2, 0) is 0 Å². The molecule has 1 saturated carbocycles. The van der Waals surface area contributed by atoms with Crippen LogP contribution in [0.5, 0.6) is 0 Å². The third kappa shape index (κ3) is 0.623. The molecule has 0 aromatic heterocycles. The first-order valence-corrected chi connectivity index (χ1v) is 3.36. The standard InChI is InChI=1S/C6H9NO3/c8-5-3-1-7(6(9)10)2-4(3)5/h3-5,8H,1-2H2,(H,9,10)/t3-,4+,5-. The molecule has 10 heavy (non-hydrogen) atoms. The molecular weight excluding hydrogens is 134 g/mol. The molecule has 1 aliphatic carbocycles. The fraction of sp³-hybridized carbons (Fsp3) is 0.833. The molecule has 2 fully saturated rings. The summed E-state index contributed by atoms with van der Waals surface area (Å²) in [6, 6.07) is 0. The summed E-state index contributed by atoms with van der Waals surface area (Å²) in [5, 5.41) is 17.5. The summed E-state index contributed by atoms with van der Waals surface area (Å²) in [5.74, 6) is 0.493. The summed E-state index contributed by atoms with van der Waals surface area (Å²) < 4.78 is 0. The van der Waals surface area contributed by atoms with E-state index in [1.165, 1.54) is 4.90 Å². The summed E-state index contributed by atoms with van der Waals surface area (Å²) in [7, 11) is 0. The molecule has 3 atom stereocenters. The van der Waals surface area contributed by atoms with Crippen LogP contribution in [0, 0.1) is 11.8 Å². The number of carbonyl (C=O) groups is 1. The number of carboxylic acid groups (broad SMARTS) is 1. The van der Waals surface area contributed by atoms with Crippen LogP contribution >= 0.6 is 0 Å². The number of hydrogen-bond acceptors (Lipinski definition) is 2. The van der Waals surface area contributed by atoms with Gasteiger partial charge in [0.25, 0.3) is 0 Å². The van der Waals surface area contributed by atoms with Crippen LogP contribution in [-0.4, -0.2) is 40.4 Å². The number of aliphatic hydroxyl groups is 1. The van der Waals surface area contributed by atoms with Crippen molar-refractivity contribution < 1.29 is 15.0 Å². The monoisotopic (exact) mass is 143 g/mol. The Morgan fingerprint density at radius 2 is 1.90 bits per heavy atom. The number of rotatable bonds is 0. The van der Waals surface area contributed by atoms with Gasteiger partial charge >= 0.3 is 6.09 Å². The fourth-order valence-corrected chi connectivity index (χ4v) is 1.65. The minimum absolute atomic E-state index is 0.212. The molecule has 0 aromatic rings. The van der Waals surface area contributed by atoms with Gasteiger partial charge in [-0.25, -0.2) is 4.79 Å². The van der Waals surface area contributed by atoms with Gasteiger partial charge in [0.2, 0.25) is 0 Å². The molecule has 0 unspecified atom stereocenters. The topological polar surface area (TPSA) is 60.8 Å². The van der Waals surface area contributed by atoms with Gasteiger partial charge in [-0.05, 0) is 0 Å². The van der Waals surface area contributed by atoms with Gasteiger partial charge in [0, 0.05) is 24.9 Å². The van der Waals surface area contributed by atoms with Crippen LogP contribution in [0.1, 0.15) is 0 Å². The summed E-state index contributed by atoms with van der Waals surface area (Å²) >= 11 is 0. The zero-order valence-corrected chi connectivity index (χ0v) is 5.40. The van der Waals surface area contributed by atoms with Crippen molar-refractivity contribution in [1.29, 1.82) is 0 Å². The minimum atomic E-state index is -0.862. The third-order valence-electron chi connectivity index (χ3n) is 2.42. The van der Waals surface area contributed by atoms with E-state index in [0.29, 0.717) is 13.1 Å². The SMILES string of the molecule is O=C(O)N1C[C@@H]2[C@H](O)[C@@H]2C1. The first-order chi connectivity index (χ1) is 4.70. The minimum Gasteiger partial charge on any atom is -0.465 e. The molecule has 1 heterocycles. The largest absolute Gasteiger partial charge is 0.465 e. The number of aliphatic hydroxyl groups excluding tert-OH is 1. The van der Waals surface area contributed by atoms with E-state index < -0.39 is 6.09 Å². The molecule has 0 bridgehead atoms. The Kier molecular flexibility index (Phi) is 0.976. The summed E-state index contributed by atoms with van der Waals surface area (Å²) in [5.41, 5.74) is 0. The number of nitrogens with zero attached hydrogens (tertiary/aromatic N) is 1. The van der Waals surface area contributed by atoms with E-state index >= 15 is 0 Å². The highest BCUT2D eigenvalue weighted by atomic mass is 16.4. The molecule has 2 rings (SSSR count). The second-order valence-electron chi connectivity index (χ2n) is 3.01. The van der Waals surface area contributed by atoms with E-state index in [1.807, 2.05) is 0 Å². The van der Waals surface area contributed by atoms with Crippen molar-refractivity contribution in [2.24, 2.45) is 11.8 Å². The Morgan fingerprint density at radius 3 is 2.30 bits per heavy atom. The van der Waals surface area contributed by atoms with E-state index in [4.69, 9.17) is 10.2 Å². The van der Waals surface area contributed by atoms with E-state index in [1.54, 1.807) is 0 Å². The molecule has 0 aromatic carbocycles. The maximum Gasteiger partial charge on any atom is 0.407 e. The average molecular weight is 143 g/mol. The summed E-state index contributed by atoms with van der Waals surface area (Å²) in [4.78, 5) is 11.7. The highest BCUT2D eigenvalue weighted by molar-refractivity contribution is 5.65. The van der Waals surface area contributed by atoms with E-state index in [9.17, 15) is 4.79 Å². The molecule has 4 heteroatoms. The zero-order valence-electron chi connectivity index (χ0n) is 5.40. The van der Waals surface area contributed by atoms with Crippen LogP contribution in [0.15, 0.2) is 0 Å². The highest BCUT2D eigenvalue weighted by Crippen LogP contribution is 2.45. The molecule has 2 N–H and O–H groups in total. The second kappa shape index (κ2) is 1.63. The summed E-state index contributed by atoms with van der Waals surface area (Å²) in [6.45, 7) is 1.06. The Morgan fingerprint density at radius 1 is 1.40 bits per heavy atom. The predicted molar refractivity (Wildman–Crippen MR) is 32.6 cm³/mol. The van der Waals surface area contributed by atoms with Crippen molar-refractivity contribution in [1.82, 2.24) is 4.90 Å². The van der Waals surface area contributed by atoms with Gasteiger partial charge in [-0.1, -0.05) is 0 Å². The molecule has 2 aliphatic rings. The van der Waals surface area contributed by atoms with Gasteiger partial charge in [-0.2, -0.15) is 0 Å². The van der Waals surface area contributed by atoms with Gasteiger partial charge in [0.05, 0.1) is 6.10 Å². The first-order valence-electron chi connectivity index (χ1n) is 3.36.